The summed E-state index contributed by atoms with van der Waals surface area (Å²) in [6.45, 7) is 8.07. The lowest BCUT2D eigenvalue weighted by molar-refractivity contribution is 0.533. The van der Waals surface area contributed by atoms with Crippen LogP contribution in [0.2, 0.25) is 0 Å². The molecule has 0 aliphatic rings. The van der Waals surface area contributed by atoms with E-state index in [9.17, 15) is 4.79 Å². The quantitative estimate of drug-likeness (QED) is 0.693. The highest BCUT2D eigenvalue weighted by atomic mass is 16.2. The Balaban J connectivity index is 3.36. The van der Waals surface area contributed by atoms with Gasteiger partial charge in [0, 0.05) is 19.0 Å². The predicted octanol–water partition coefficient (Wildman–Crippen LogP) is 1.29. The second kappa shape index (κ2) is 3.36. The summed E-state index contributed by atoms with van der Waals surface area (Å²) >= 11 is 0. The predicted molar refractivity (Wildman–Crippen MR) is 51.9 cm³/mol. The Kier molecular flexibility index (Phi) is 2.59. The minimum atomic E-state index is -0.0290. The molecule has 0 bridgehead atoms. The Labute approximate surface area is 78.2 Å². The van der Waals surface area contributed by atoms with E-state index in [2.05, 4.69) is 5.10 Å². The van der Waals surface area contributed by atoms with Crippen LogP contribution in [0.4, 0.5) is 0 Å². The van der Waals surface area contributed by atoms with E-state index in [1.807, 2.05) is 27.7 Å². The lowest BCUT2D eigenvalue weighted by Crippen LogP contribution is -2.25. The summed E-state index contributed by atoms with van der Waals surface area (Å²) in [5, 5.41) is 4.20. The van der Waals surface area contributed by atoms with Crippen LogP contribution in [0, 0.1) is 0 Å². The molecule has 0 fully saturated rings. The molecular formula is C9H17N3O. The van der Waals surface area contributed by atoms with E-state index in [1.54, 1.807) is 11.6 Å². The lowest BCUT2D eigenvalue weighted by Gasteiger charge is -2.10. The summed E-state index contributed by atoms with van der Waals surface area (Å²) in [6, 6.07) is 0.179. The van der Waals surface area contributed by atoms with Crippen LogP contribution in [-0.2, 0) is 7.05 Å². The smallest absolute Gasteiger partial charge is 0.276 e. The molecule has 4 nitrogen and oxygen atoms in total. The average Bonchev–Trinajstić information content (AvgIpc) is 2.28. The van der Waals surface area contributed by atoms with E-state index in [-0.39, 0.29) is 17.6 Å². The third-order valence-electron chi connectivity index (χ3n) is 2.01. The number of nitrogens with zero attached hydrogens (tertiary/aromatic N) is 3. The number of aromatic nitrogens is 3. The number of hydrogen-bond acceptors (Lipinski definition) is 2. The molecule has 74 valence electrons. The average molecular weight is 183 g/mol. The summed E-state index contributed by atoms with van der Waals surface area (Å²) < 4.78 is 3.14. The molecule has 0 aliphatic heterocycles. The molecule has 0 saturated heterocycles. The third-order valence-corrected chi connectivity index (χ3v) is 2.01. The van der Waals surface area contributed by atoms with Gasteiger partial charge in [0.1, 0.15) is 5.82 Å². The Bertz CT molecular complexity index is 346. The first kappa shape index (κ1) is 10.0. The Hall–Kier alpha value is -1.06. The molecule has 0 amide bonds. The number of aryl methyl sites for hydroxylation is 1. The van der Waals surface area contributed by atoms with Gasteiger partial charge in [-0.2, -0.15) is 5.10 Å². The molecule has 1 heterocycles. The first-order valence-corrected chi connectivity index (χ1v) is 4.60. The summed E-state index contributed by atoms with van der Waals surface area (Å²) in [6.07, 6.45) is 0. The Morgan fingerprint density at radius 2 is 1.77 bits per heavy atom. The van der Waals surface area contributed by atoms with Crippen LogP contribution in [-0.4, -0.2) is 14.3 Å². The molecule has 0 spiro atoms. The van der Waals surface area contributed by atoms with Gasteiger partial charge in [-0.15, -0.1) is 0 Å². The largest absolute Gasteiger partial charge is 0.345 e. The third kappa shape index (κ3) is 1.66. The first-order valence-electron chi connectivity index (χ1n) is 4.60. The van der Waals surface area contributed by atoms with E-state index >= 15 is 0 Å². The summed E-state index contributed by atoms with van der Waals surface area (Å²) in [5.41, 5.74) is -0.0290. The van der Waals surface area contributed by atoms with Gasteiger partial charge in [0.05, 0.1) is 0 Å². The molecule has 0 atom stereocenters. The van der Waals surface area contributed by atoms with Gasteiger partial charge in [-0.05, 0) is 13.8 Å². The summed E-state index contributed by atoms with van der Waals surface area (Å²) in [7, 11) is 1.69. The van der Waals surface area contributed by atoms with Gasteiger partial charge in [0.2, 0.25) is 0 Å². The summed E-state index contributed by atoms with van der Waals surface area (Å²) in [4.78, 5) is 11.6. The van der Waals surface area contributed by atoms with Crippen LogP contribution >= 0.6 is 0 Å². The minimum Gasteiger partial charge on any atom is -0.276 e. The molecule has 0 aliphatic carbocycles. The second-order valence-electron chi connectivity index (χ2n) is 3.88. The van der Waals surface area contributed by atoms with Crippen molar-refractivity contribution in [1.29, 1.82) is 0 Å². The van der Waals surface area contributed by atoms with Crippen LogP contribution in [0.5, 0.6) is 0 Å². The van der Waals surface area contributed by atoms with Gasteiger partial charge in [-0.3, -0.25) is 4.57 Å². The van der Waals surface area contributed by atoms with Crippen molar-refractivity contribution in [1.82, 2.24) is 14.3 Å². The van der Waals surface area contributed by atoms with Crippen LogP contribution in [0.25, 0.3) is 0 Å². The maximum absolute atomic E-state index is 11.6. The fourth-order valence-corrected chi connectivity index (χ4v) is 1.38. The number of rotatable bonds is 2. The van der Waals surface area contributed by atoms with Crippen molar-refractivity contribution in [3.05, 3.63) is 16.3 Å². The molecule has 0 radical (unpaired) electrons. The fourth-order valence-electron chi connectivity index (χ4n) is 1.38. The SMILES string of the molecule is CC(C)c1nn(C)c(=O)n1C(C)C. The maximum Gasteiger partial charge on any atom is 0.345 e. The van der Waals surface area contributed by atoms with E-state index in [0.717, 1.165) is 5.82 Å². The Morgan fingerprint density at radius 3 is 2.08 bits per heavy atom. The molecule has 0 N–H and O–H groups in total. The number of hydrogen-bond donors (Lipinski definition) is 0. The molecule has 13 heavy (non-hydrogen) atoms. The molecule has 1 aromatic rings. The highest BCUT2D eigenvalue weighted by Crippen LogP contribution is 2.13. The molecular weight excluding hydrogens is 166 g/mol. The van der Waals surface area contributed by atoms with E-state index in [1.165, 1.54) is 4.68 Å². The lowest BCUT2D eigenvalue weighted by atomic mass is 10.2. The zero-order chi connectivity index (χ0) is 10.2. The molecule has 0 aromatic carbocycles. The van der Waals surface area contributed by atoms with Crippen molar-refractivity contribution in [3.63, 3.8) is 0 Å². The normalized spacial score (nSPS) is 11.6. The van der Waals surface area contributed by atoms with Crippen molar-refractivity contribution in [2.75, 3.05) is 0 Å². The summed E-state index contributed by atoms with van der Waals surface area (Å²) in [5.74, 6) is 1.15. The van der Waals surface area contributed by atoms with Gasteiger partial charge in [0.25, 0.3) is 0 Å². The van der Waals surface area contributed by atoms with Crippen molar-refractivity contribution in [2.24, 2.45) is 7.05 Å². The molecule has 1 aromatic heterocycles. The van der Waals surface area contributed by atoms with E-state index in [0.29, 0.717) is 0 Å². The minimum absolute atomic E-state index is 0.0290. The highest BCUT2D eigenvalue weighted by molar-refractivity contribution is 4.95. The zero-order valence-corrected chi connectivity index (χ0v) is 8.90. The van der Waals surface area contributed by atoms with Gasteiger partial charge >= 0.3 is 5.69 Å². The van der Waals surface area contributed by atoms with Crippen molar-refractivity contribution >= 4 is 0 Å². The highest BCUT2D eigenvalue weighted by Gasteiger charge is 2.15. The fraction of sp³-hybridized carbons (Fsp3) is 0.778. The topological polar surface area (TPSA) is 39.8 Å². The van der Waals surface area contributed by atoms with Crippen LogP contribution < -0.4 is 5.69 Å². The monoisotopic (exact) mass is 183 g/mol. The van der Waals surface area contributed by atoms with Crippen LogP contribution in [0.1, 0.15) is 45.5 Å². The zero-order valence-electron chi connectivity index (χ0n) is 8.90. The standard InChI is InChI=1S/C9H17N3O/c1-6(2)8-10-11(5)9(13)12(8)7(3)4/h6-7H,1-5H3. The van der Waals surface area contributed by atoms with E-state index < -0.39 is 0 Å². The molecule has 1 rings (SSSR count). The molecule has 0 saturated carbocycles. The second-order valence-corrected chi connectivity index (χ2v) is 3.88. The van der Waals surface area contributed by atoms with Gasteiger partial charge in [-0.25, -0.2) is 9.48 Å². The van der Waals surface area contributed by atoms with E-state index in [4.69, 9.17) is 0 Å². The van der Waals surface area contributed by atoms with Crippen LogP contribution in [0.15, 0.2) is 4.79 Å². The van der Waals surface area contributed by atoms with Crippen molar-refractivity contribution < 1.29 is 0 Å². The van der Waals surface area contributed by atoms with Crippen molar-refractivity contribution in [3.8, 4) is 0 Å². The van der Waals surface area contributed by atoms with Crippen LogP contribution in [0.3, 0.4) is 0 Å². The van der Waals surface area contributed by atoms with Crippen molar-refractivity contribution in [2.45, 2.75) is 39.7 Å². The van der Waals surface area contributed by atoms with Gasteiger partial charge in [0.15, 0.2) is 0 Å². The first-order chi connectivity index (χ1) is 5.95. The maximum atomic E-state index is 11.6. The molecule has 4 heteroatoms. The Morgan fingerprint density at radius 1 is 1.23 bits per heavy atom. The van der Waals surface area contributed by atoms with Gasteiger partial charge < -0.3 is 0 Å². The van der Waals surface area contributed by atoms with Gasteiger partial charge in [-0.1, -0.05) is 13.8 Å². The molecule has 0 unspecified atom stereocenters.